The third kappa shape index (κ3) is 3.66. The van der Waals surface area contributed by atoms with Crippen molar-refractivity contribution >= 4 is 11.6 Å². The Morgan fingerprint density at radius 1 is 1.29 bits per heavy atom. The Hall–Kier alpha value is -0.570. The number of rotatable bonds is 4. The Kier molecular flexibility index (Phi) is 4.39. The van der Waals surface area contributed by atoms with Gasteiger partial charge in [-0.25, -0.2) is 0 Å². The van der Waals surface area contributed by atoms with Crippen molar-refractivity contribution < 1.29 is 5.11 Å². The summed E-state index contributed by atoms with van der Waals surface area (Å²) in [4.78, 5) is 0. The second-order valence-corrected chi connectivity index (χ2v) is 4.07. The lowest BCUT2D eigenvalue weighted by atomic mass is 10.1. The van der Waals surface area contributed by atoms with Gasteiger partial charge in [0.25, 0.3) is 0 Å². The standard InChI is InChI=1S/C11H16ClNO/c1-8(2)13-7-11(14)9-3-5-10(12)6-4-9/h3-6,8,11,13-14H,7H2,1-2H3/t11-/m1/s1. The van der Waals surface area contributed by atoms with E-state index in [4.69, 9.17) is 11.6 Å². The van der Waals surface area contributed by atoms with Gasteiger partial charge in [0.2, 0.25) is 0 Å². The minimum absolute atomic E-state index is 0.386. The minimum Gasteiger partial charge on any atom is -0.387 e. The molecule has 0 aliphatic carbocycles. The molecule has 3 heteroatoms. The number of benzene rings is 1. The molecule has 0 heterocycles. The van der Waals surface area contributed by atoms with Crippen LogP contribution in [0.3, 0.4) is 0 Å². The predicted molar refractivity (Wildman–Crippen MR) is 59.6 cm³/mol. The average Bonchev–Trinajstić information content (AvgIpc) is 2.15. The van der Waals surface area contributed by atoms with Gasteiger partial charge in [0, 0.05) is 17.6 Å². The molecule has 0 amide bonds. The number of hydrogen-bond donors (Lipinski definition) is 2. The van der Waals surface area contributed by atoms with E-state index < -0.39 is 6.10 Å². The van der Waals surface area contributed by atoms with Crippen LogP contribution in [-0.4, -0.2) is 17.7 Å². The van der Waals surface area contributed by atoms with Crippen molar-refractivity contribution in [1.29, 1.82) is 0 Å². The average molecular weight is 214 g/mol. The van der Waals surface area contributed by atoms with Crippen LogP contribution in [0.4, 0.5) is 0 Å². The largest absolute Gasteiger partial charge is 0.387 e. The molecule has 0 radical (unpaired) electrons. The van der Waals surface area contributed by atoms with E-state index >= 15 is 0 Å². The van der Waals surface area contributed by atoms with Crippen LogP contribution in [0.25, 0.3) is 0 Å². The maximum Gasteiger partial charge on any atom is 0.0914 e. The van der Waals surface area contributed by atoms with E-state index in [1.54, 1.807) is 12.1 Å². The second kappa shape index (κ2) is 5.35. The summed E-state index contributed by atoms with van der Waals surface area (Å²) in [6.07, 6.45) is -0.463. The molecule has 14 heavy (non-hydrogen) atoms. The van der Waals surface area contributed by atoms with Crippen molar-refractivity contribution in [2.24, 2.45) is 0 Å². The van der Waals surface area contributed by atoms with Gasteiger partial charge in [0.05, 0.1) is 6.10 Å². The molecule has 0 aliphatic heterocycles. The van der Waals surface area contributed by atoms with Crippen LogP contribution in [0.2, 0.25) is 5.02 Å². The first-order chi connectivity index (χ1) is 6.59. The lowest BCUT2D eigenvalue weighted by molar-refractivity contribution is 0.171. The van der Waals surface area contributed by atoms with E-state index in [1.165, 1.54) is 0 Å². The smallest absolute Gasteiger partial charge is 0.0914 e. The van der Waals surface area contributed by atoms with Crippen LogP contribution in [0.1, 0.15) is 25.5 Å². The van der Waals surface area contributed by atoms with E-state index in [0.29, 0.717) is 17.6 Å². The molecule has 1 atom stereocenters. The molecule has 78 valence electrons. The molecule has 0 spiro atoms. The molecule has 0 fully saturated rings. The molecule has 1 aromatic carbocycles. The number of nitrogens with one attached hydrogen (secondary N) is 1. The van der Waals surface area contributed by atoms with Gasteiger partial charge < -0.3 is 10.4 Å². The summed E-state index contributed by atoms with van der Waals surface area (Å²) in [5.41, 5.74) is 0.891. The molecule has 0 saturated heterocycles. The first-order valence-corrected chi connectivity index (χ1v) is 5.14. The molecule has 1 rings (SSSR count). The molecule has 0 aliphatic rings. The van der Waals surface area contributed by atoms with E-state index in [0.717, 1.165) is 5.56 Å². The van der Waals surface area contributed by atoms with Gasteiger partial charge in [-0.05, 0) is 17.7 Å². The Labute approximate surface area is 89.9 Å². The van der Waals surface area contributed by atoms with E-state index in [1.807, 2.05) is 12.1 Å². The van der Waals surface area contributed by atoms with E-state index in [2.05, 4.69) is 19.2 Å². The number of aliphatic hydroxyl groups is 1. The third-order valence-corrected chi connectivity index (χ3v) is 2.23. The zero-order chi connectivity index (χ0) is 10.6. The van der Waals surface area contributed by atoms with Crippen molar-refractivity contribution in [3.8, 4) is 0 Å². The summed E-state index contributed by atoms with van der Waals surface area (Å²) in [7, 11) is 0. The minimum atomic E-state index is -0.463. The maximum absolute atomic E-state index is 9.75. The topological polar surface area (TPSA) is 32.3 Å². The molecule has 0 saturated carbocycles. The number of halogens is 1. The van der Waals surface area contributed by atoms with Gasteiger partial charge in [0.15, 0.2) is 0 Å². The Morgan fingerprint density at radius 2 is 1.86 bits per heavy atom. The summed E-state index contributed by atoms with van der Waals surface area (Å²) >= 11 is 5.75. The van der Waals surface area contributed by atoms with E-state index in [9.17, 15) is 5.11 Å². The fourth-order valence-corrected chi connectivity index (χ4v) is 1.28. The van der Waals surface area contributed by atoms with Crippen molar-refractivity contribution in [2.75, 3.05) is 6.54 Å². The highest BCUT2D eigenvalue weighted by molar-refractivity contribution is 6.30. The van der Waals surface area contributed by atoms with Crippen molar-refractivity contribution in [2.45, 2.75) is 26.0 Å². The van der Waals surface area contributed by atoms with Crippen LogP contribution >= 0.6 is 11.6 Å². The SMILES string of the molecule is CC(C)NC[C@@H](O)c1ccc(Cl)cc1. The van der Waals surface area contributed by atoms with Gasteiger partial charge in [-0.1, -0.05) is 37.6 Å². The quantitative estimate of drug-likeness (QED) is 0.805. The van der Waals surface area contributed by atoms with Gasteiger partial charge in [-0.2, -0.15) is 0 Å². The van der Waals surface area contributed by atoms with Crippen molar-refractivity contribution in [3.05, 3.63) is 34.9 Å². The highest BCUT2D eigenvalue weighted by Crippen LogP contribution is 2.15. The van der Waals surface area contributed by atoms with Gasteiger partial charge in [-0.3, -0.25) is 0 Å². The maximum atomic E-state index is 9.75. The lowest BCUT2D eigenvalue weighted by Gasteiger charge is -2.14. The summed E-state index contributed by atoms with van der Waals surface area (Å²) < 4.78 is 0. The summed E-state index contributed by atoms with van der Waals surface area (Å²) in [6.45, 7) is 4.67. The lowest BCUT2D eigenvalue weighted by Crippen LogP contribution is -2.27. The fraction of sp³-hybridized carbons (Fsp3) is 0.455. The van der Waals surface area contributed by atoms with Crippen LogP contribution in [0, 0.1) is 0 Å². The van der Waals surface area contributed by atoms with Crippen LogP contribution in [0.5, 0.6) is 0 Å². The van der Waals surface area contributed by atoms with Crippen LogP contribution in [0.15, 0.2) is 24.3 Å². The Morgan fingerprint density at radius 3 is 2.36 bits per heavy atom. The molecule has 0 bridgehead atoms. The molecule has 0 aromatic heterocycles. The van der Waals surface area contributed by atoms with Crippen molar-refractivity contribution in [3.63, 3.8) is 0 Å². The monoisotopic (exact) mass is 213 g/mol. The summed E-state index contributed by atoms with van der Waals surface area (Å²) in [5.74, 6) is 0. The van der Waals surface area contributed by atoms with E-state index in [-0.39, 0.29) is 0 Å². The zero-order valence-corrected chi connectivity index (χ0v) is 9.25. The Balaban J connectivity index is 2.52. The number of hydrogen-bond acceptors (Lipinski definition) is 2. The predicted octanol–water partition coefficient (Wildman–Crippen LogP) is 2.37. The van der Waals surface area contributed by atoms with Crippen molar-refractivity contribution in [1.82, 2.24) is 5.32 Å². The Bertz CT molecular complexity index is 271. The molecule has 1 aromatic rings. The van der Waals surface area contributed by atoms with Crippen LogP contribution in [-0.2, 0) is 0 Å². The molecule has 2 nitrogen and oxygen atoms in total. The zero-order valence-electron chi connectivity index (χ0n) is 8.50. The highest BCUT2D eigenvalue weighted by atomic mass is 35.5. The number of aliphatic hydroxyl groups excluding tert-OH is 1. The molecule has 2 N–H and O–H groups in total. The van der Waals surface area contributed by atoms with Gasteiger partial charge in [-0.15, -0.1) is 0 Å². The van der Waals surface area contributed by atoms with Gasteiger partial charge in [0.1, 0.15) is 0 Å². The first kappa shape index (κ1) is 11.5. The van der Waals surface area contributed by atoms with Gasteiger partial charge >= 0.3 is 0 Å². The fourth-order valence-electron chi connectivity index (χ4n) is 1.15. The van der Waals surface area contributed by atoms with Crippen LogP contribution < -0.4 is 5.32 Å². The first-order valence-electron chi connectivity index (χ1n) is 4.76. The highest BCUT2D eigenvalue weighted by Gasteiger charge is 2.06. The molecular weight excluding hydrogens is 198 g/mol. The second-order valence-electron chi connectivity index (χ2n) is 3.63. The normalized spacial score (nSPS) is 13.2. The molecule has 0 unspecified atom stereocenters. The third-order valence-electron chi connectivity index (χ3n) is 1.97. The summed E-state index contributed by atoms with van der Waals surface area (Å²) in [6, 6.07) is 7.64. The molecular formula is C11H16ClNO. The summed E-state index contributed by atoms with van der Waals surface area (Å²) in [5, 5.41) is 13.6.